The Morgan fingerprint density at radius 3 is 2.61 bits per heavy atom. The molecule has 120 valence electrons. The van der Waals surface area contributed by atoms with Crippen molar-refractivity contribution in [2.24, 2.45) is 0 Å². The van der Waals surface area contributed by atoms with Crippen LogP contribution in [0.1, 0.15) is 11.3 Å². The maximum Gasteiger partial charge on any atom is 0.287 e. The number of nitro groups is 1. The van der Waals surface area contributed by atoms with E-state index in [1.165, 1.54) is 6.20 Å². The van der Waals surface area contributed by atoms with Crippen LogP contribution < -0.4 is 4.90 Å². The lowest BCUT2D eigenvalue weighted by molar-refractivity contribution is -0.385. The van der Waals surface area contributed by atoms with E-state index < -0.39 is 4.92 Å². The van der Waals surface area contributed by atoms with Gasteiger partial charge >= 0.3 is 0 Å². The molecule has 0 aliphatic carbocycles. The molecule has 0 radical (unpaired) electrons. The van der Waals surface area contributed by atoms with Crippen LogP contribution in [0.5, 0.6) is 0 Å². The van der Waals surface area contributed by atoms with Gasteiger partial charge in [0.25, 0.3) is 5.69 Å². The molecule has 1 saturated heterocycles. The van der Waals surface area contributed by atoms with Crippen LogP contribution in [0, 0.1) is 17.0 Å². The van der Waals surface area contributed by atoms with E-state index in [4.69, 9.17) is 0 Å². The quantitative estimate of drug-likeness (QED) is 0.635. The summed E-state index contributed by atoms with van der Waals surface area (Å²) in [5.74, 6) is 0.841. The van der Waals surface area contributed by atoms with E-state index in [1.54, 1.807) is 6.07 Å². The second-order valence-electron chi connectivity index (χ2n) is 5.68. The molecule has 0 unspecified atom stereocenters. The molecule has 0 aromatic carbocycles. The van der Waals surface area contributed by atoms with Gasteiger partial charge in [0.2, 0.25) is 0 Å². The van der Waals surface area contributed by atoms with Crippen molar-refractivity contribution in [1.29, 1.82) is 0 Å². The second kappa shape index (κ2) is 6.70. The molecule has 0 N–H and O–H groups in total. The molecule has 7 heteroatoms. The van der Waals surface area contributed by atoms with Crippen molar-refractivity contribution in [3.8, 4) is 0 Å². The van der Waals surface area contributed by atoms with Crippen molar-refractivity contribution in [2.75, 3.05) is 31.1 Å². The van der Waals surface area contributed by atoms with E-state index in [0.717, 1.165) is 49.8 Å². The molecule has 2 aromatic rings. The third-order valence-corrected chi connectivity index (χ3v) is 4.03. The lowest BCUT2D eigenvalue weighted by Gasteiger charge is -2.35. The predicted octanol–water partition coefficient (Wildman–Crippen LogP) is 2.02. The first-order valence-corrected chi connectivity index (χ1v) is 7.62. The third-order valence-electron chi connectivity index (χ3n) is 4.03. The number of nitrogens with zero attached hydrogens (tertiary/aromatic N) is 5. The molecule has 3 heterocycles. The van der Waals surface area contributed by atoms with E-state index in [0.29, 0.717) is 0 Å². The van der Waals surface area contributed by atoms with E-state index in [1.807, 2.05) is 31.3 Å². The molecule has 3 rings (SSSR count). The summed E-state index contributed by atoms with van der Waals surface area (Å²) in [7, 11) is 0. The normalized spacial score (nSPS) is 15.6. The molecule has 1 aliphatic rings. The van der Waals surface area contributed by atoms with Crippen molar-refractivity contribution in [3.63, 3.8) is 0 Å². The molecular weight excluding hydrogens is 294 g/mol. The summed E-state index contributed by atoms with van der Waals surface area (Å²) in [5, 5.41) is 10.8. The van der Waals surface area contributed by atoms with Gasteiger partial charge in [0.15, 0.2) is 0 Å². The van der Waals surface area contributed by atoms with Crippen LogP contribution in [-0.2, 0) is 6.54 Å². The number of hydrogen-bond donors (Lipinski definition) is 0. The van der Waals surface area contributed by atoms with E-state index in [-0.39, 0.29) is 5.69 Å². The Labute approximate surface area is 134 Å². The van der Waals surface area contributed by atoms with Crippen LogP contribution >= 0.6 is 0 Å². The Morgan fingerprint density at radius 1 is 1.22 bits per heavy atom. The number of anilines is 1. The van der Waals surface area contributed by atoms with Gasteiger partial charge in [0, 0.05) is 45.0 Å². The monoisotopic (exact) mass is 313 g/mol. The van der Waals surface area contributed by atoms with Crippen molar-refractivity contribution >= 4 is 11.5 Å². The van der Waals surface area contributed by atoms with Gasteiger partial charge < -0.3 is 4.90 Å². The molecule has 0 saturated carbocycles. The molecule has 7 nitrogen and oxygen atoms in total. The Hall–Kier alpha value is -2.54. The number of pyridine rings is 2. The minimum Gasteiger partial charge on any atom is -0.354 e. The minimum absolute atomic E-state index is 0.0417. The van der Waals surface area contributed by atoms with Crippen LogP contribution in [0.2, 0.25) is 0 Å². The Kier molecular flexibility index (Phi) is 4.47. The van der Waals surface area contributed by atoms with Crippen LogP contribution in [0.15, 0.2) is 36.7 Å². The van der Waals surface area contributed by atoms with Crippen molar-refractivity contribution < 1.29 is 4.92 Å². The number of hydrogen-bond acceptors (Lipinski definition) is 6. The van der Waals surface area contributed by atoms with Gasteiger partial charge in [-0.25, -0.2) is 4.98 Å². The Balaban J connectivity index is 1.62. The fraction of sp³-hybridized carbons (Fsp3) is 0.375. The zero-order valence-corrected chi connectivity index (χ0v) is 13.1. The predicted molar refractivity (Wildman–Crippen MR) is 87.4 cm³/mol. The van der Waals surface area contributed by atoms with E-state index in [9.17, 15) is 10.1 Å². The van der Waals surface area contributed by atoms with Gasteiger partial charge in [-0.05, 0) is 24.6 Å². The van der Waals surface area contributed by atoms with Crippen LogP contribution in [0.4, 0.5) is 11.5 Å². The largest absolute Gasteiger partial charge is 0.354 e. The van der Waals surface area contributed by atoms with Crippen molar-refractivity contribution in [2.45, 2.75) is 13.5 Å². The van der Waals surface area contributed by atoms with Gasteiger partial charge in [0.1, 0.15) is 12.0 Å². The van der Waals surface area contributed by atoms with Crippen molar-refractivity contribution in [3.05, 3.63) is 58.0 Å². The maximum absolute atomic E-state index is 10.8. The van der Waals surface area contributed by atoms with E-state index in [2.05, 4.69) is 19.8 Å². The zero-order valence-electron chi connectivity index (χ0n) is 13.1. The molecule has 1 aliphatic heterocycles. The highest BCUT2D eigenvalue weighted by molar-refractivity contribution is 5.50. The fourth-order valence-electron chi connectivity index (χ4n) is 2.82. The maximum atomic E-state index is 10.8. The average Bonchev–Trinajstić information content (AvgIpc) is 2.56. The summed E-state index contributed by atoms with van der Waals surface area (Å²) < 4.78 is 0. The van der Waals surface area contributed by atoms with Gasteiger partial charge in [-0.1, -0.05) is 6.07 Å². The lowest BCUT2D eigenvalue weighted by Crippen LogP contribution is -2.46. The third kappa shape index (κ3) is 3.62. The number of aryl methyl sites for hydroxylation is 1. The lowest BCUT2D eigenvalue weighted by atomic mass is 10.2. The summed E-state index contributed by atoms with van der Waals surface area (Å²) in [4.78, 5) is 23.6. The Morgan fingerprint density at radius 2 is 2.00 bits per heavy atom. The van der Waals surface area contributed by atoms with Gasteiger partial charge in [-0.15, -0.1) is 0 Å². The number of rotatable bonds is 4. The molecule has 2 aromatic heterocycles. The summed E-state index contributed by atoms with van der Waals surface area (Å²) in [5.41, 5.74) is 1.96. The summed E-state index contributed by atoms with van der Waals surface area (Å²) in [6.45, 7) is 6.29. The highest BCUT2D eigenvalue weighted by Gasteiger charge is 2.21. The number of piperazine rings is 1. The first-order chi connectivity index (χ1) is 11.1. The molecular formula is C16H19N5O2. The molecule has 0 amide bonds. The first-order valence-electron chi connectivity index (χ1n) is 7.62. The standard InChI is InChI=1S/C16H19N5O2/c1-13-10-15(21(22)23)11-18-16(13)20-8-6-19(7-9-20)12-14-4-2-3-5-17-14/h2-5,10-11H,6-9,12H2,1H3. The van der Waals surface area contributed by atoms with Crippen LogP contribution in [0.25, 0.3) is 0 Å². The van der Waals surface area contributed by atoms with Crippen LogP contribution in [0.3, 0.4) is 0 Å². The van der Waals surface area contributed by atoms with E-state index >= 15 is 0 Å². The topological polar surface area (TPSA) is 75.4 Å². The molecule has 1 fully saturated rings. The van der Waals surface area contributed by atoms with Gasteiger partial charge in [-0.2, -0.15) is 0 Å². The van der Waals surface area contributed by atoms with Crippen molar-refractivity contribution in [1.82, 2.24) is 14.9 Å². The number of aromatic nitrogens is 2. The fourth-order valence-corrected chi connectivity index (χ4v) is 2.82. The minimum atomic E-state index is -0.408. The molecule has 23 heavy (non-hydrogen) atoms. The molecule has 0 atom stereocenters. The van der Waals surface area contributed by atoms with Gasteiger partial charge in [-0.3, -0.25) is 20.0 Å². The molecule has 0 spiro atoms. The average molecular weight is 313 g/mol. The Bertz CT molecular complexity index is 684. The summed E-state index contributed by atoms with van der Waals surface area (Å²) >= 11 is 0. The first kappa shape index (κ1) is 15.4. The highest BCUT2D eigenvalue weighted by atomic mass is 16.6. The van der Waals surface area contributed by atoms with Crippen LogP contribution in [-0.4, -0.2) is 46.0 Å². The van der Waals surface area contributed by atoms with Gasteiger partial charge in [0.05, 0.1) is 10.6 Å². The molecule has 0 bridgehead atoms. The summed E-state index contributed by atoms with van der Waals surface area (Å²) in [6, 6.07) is 7.55. The smallest absolute Gasteiger partial charge is 0.287 e. The second-order valence-corrected chi connectivity index (χ2v) is 5.68. The summed E-state index contributed by atoms with van der Waals surface area (Å²) in [6.07, 6.45) is 3.15. The highest BCUT2D eigenvalue weighted by Crippen LogP contribution is 2.22. The SMILES string of the molecule is Cc1cc([N+](=O)[O-])cnc1N1CCN(Cc2ccccn2)CC1. The zero-order chi connectivity index (χ0) is 16.2.